The van der Waals surface area contributed by atoms with E-state index in [-0.39, 0.29) is 23.4 Å². The number of fused-ring (bicyclic) bond motifs is 1. The Labute approximate surface area is 149 Å². The van der Waals surface area contributed by atoms with Crippen molar-refractivity contribution in [2.45, 2.75) is 11.8 Å². The van der Waals surface area contributed by atoms with Crippen LogP contribution in [0.25, 0.3) is 0 Å². The van der Waals surface area contributed by atoms with Gasteiger partial charge in [-0.05, 0) is 5.56 Å². The molecule has 1 aliphatic rings. The molecule has 6 heteroatoms. The molecule has 0 saturated heterocycles. The van der Waals surface area contributed by atoms with Gasteiger partial charge in [0, 0.05) is 34.6 Å². The molecular formula is C20H16N2O4. The first-order valence-electron chi connectivity index (χ1n) is 8.18. The van der Waals surface area contributed by atoms with Gasteiger partial charge in [-0.1, -0.05) is 60.7 Å². The number of hydrogen-bond acceptors (Lipinski definition) is 4. The van der Waals surface area contributed by atoms with Crippen LogP contribution in [0.3, 0.4) is 0 Å². The van der Waals surface area contributed by atoms with Crippen molar-refractivity contribution in [2.24, 2.45) is 0 Å². The second-order valence-electron chi connectivity index (χ2n) is 6.22. The lowest BCUT2D eigenvalue weighted by molar-refractivity contribution is -0.385. The number of aromatic hydroxyl groups is 2. The topological polar surface area (TPSA) is 99.4 Å². The van der Waals surface area contributed by atoms with Crippen molar-refractivity contribution in [1.82, 2.24) is 4.98 Å². The van der Waals surface area contributed by atoms with Crippen molar-refractivity contribution < 1.29 is 15.1 Å². The van der Waals surface area contributed by atoms with Crippen LogP contribution < -0.4 is 0 Å². The third-order valence-corrected chi connectivity index (χ3v) is 4.78. The monoisotopic (exact) mass is 348 g/mol. The van der Waals surface area contributed by atoms with Crippen LogP contribution in [0.4, 0.5) is 5.69 Å². The van der Waals surface area contributed by atoms with Gasteiger partial charge < -0.3 is 10.2 Å². The van der Waals surface area contributed by atoms with Gasteiger partial charge in [-0.15, -0.1) is 0 Å². The van der Waals surface area contributed by atoms with Crippen molar-refractivity contribution in [3.8, 4) is 11.8 Å². The largest absolute Gasteiger partial charge is 0.494 e. The molecular weight excluding hydrogens is 332 g/mol. The lowest BCUT2D eigenvalue weighted by atomic mass is 9.77. The molecule has 4 rings (SSSR count). The molecule has 1 aliphatic carbocycles. The summed E-state index contributed by atoms with van der Waals surface area (Å²) in [5.74, 6) is -1.07. The Hall–Kier alpha value is -3.54. The van der Waals surface area contributed by atoms with Crippen LogP contribution >= 0.6 is 0 Å². The fraction of sp³-hybridized carbons (Fsp3) is 0.100. The van der Waals surface area contributed by atoms with E-state index in [1.807, 2.05) is 42.5 Å². The molecule has 6 nitrogen and oxygen atoms in total. The van der Waals surface area contributed by atoms with Crippen molar-refractivity contribution in [3.63, 3.8) is 0 Å². The summed E-state index contributed by atoms with van der Waals surface area (Å²) in [6, 6.07) is 16.0. The summed E-state index contributed by atoms with van der Waals surface area (Å²) in [7, 11) is 0. The highest BCUT2D eigenvalue weighted by molar-refractivity contribution is 5.62. The fourth-order valence-corrected chi connectivity index (χ4v) is 3.66. The van der Waals surface area contributed by atoms with Gasteiger partial charge in [-0.3, -0.25) is 15.1 Å². The Morgan fingerprint density at radius 2 is 1.42 bits per heavy atom. The Balaban J connectivity index is 1.91. The predicted octanol–water partition coefficient (Wildman–Crippen LogP) is 4.17. The van der Waals surface area contributed by atoms with E-state index in [1.165, 1.54) is 6.07 Å². The van der Waals surface area contributed by atoms with Crippen molar-refractivity contribution in [3.05, 3.63) is 99.1 Å². The first-order valence-corrected chi connectivity index (χ1v) is 8.18. The molecule has 3 N–H and O–H groups in total. The number of nitrogens with zero attached hydrogens (tertiary/aromatic N) is 1. The highest BCUT2D eigenvalue weighted by Gasteiger charge is 2.35. The van der Waals surface area contributed by atoms with Gasteiger partial charge in [0.15, 0.2) is 11.8 Å². The molecule has 0 aliphatic heterocycles. The Morgan fingerprint density at radius 3 is 2.12 bits per heavy atom. The van der Waals surface area contributed by atoms with Crippen LogP contribution in [0.5, 0.6) is 11.8 Å². The number of rotatable bonds is 3. The Bertz CT molecular complexity index is 1010. The quantitative estimate of drug-likeness (QED) is 0.376. The molecule has 0 radical (unpaired) electrons. The second-order valence-corrected chi connectivity index (χ2v) is 6.22. The number of allylic oxidation sites excluding steroid dienone is 2. The van der Waals surface area contributed by atoms with Gasteiger partial charge in [-0.2, -0.15) is 0 Å². The summed E-state index contributed by atoms with van der Waals surface area (Å²) in [6.07, 6.45) is 3.75. The van der Waals surface area contributed by atoms with Crippen molar-refractivity contribution >= 4 is 5.69 Å². The number of H-pyrrole nitrogens is 1. The third-order valence-electron chi connectivity index (χ3n) is 4.78. The van der Waals surface area contributed by atoms with E-state index in [4.69, 9.17) is 0 Å². The molecule has 2 aromatic carbocycles. The minimum atomic E-state index is -0.524. The zero-order valence-corrected chi connectivity index (χ0v) is 13.7. The van der Waals surface area contributed by atoms with Crippen LogP contribution in [0.2, 0.25) is 0 Å². The summed E-state index contributed by atoms with van der Waals surface area (Å²) in [4.78, 5) is 13.5. The van der Waals surface area contributed by atoms with Crippen LogP contribution in [-0.2, 0) is 0 Å². The standard InChI is InChI=1S/C20H16N2O4/c23-19-17-13(12-6-2-1-3-7-12)10-11-15(18(17)20(24)21-19)14-8-4-5-9-16(14)22(25)26/h1-11,13,15,21,23-24H. The zero-order chi connectivity index (χ0) is 18.3. The summed E-state index contributed by atoms with van der Waals surface area (Å²) in [5, 5.41) is 32.2. The molecule has 0 amide bonds. The SMILES string of the molecule is O=[N+]([O-])c1ccccc1C1C=CC(c2ccccc2)c2c(O)[nH]c(O)c21. The molecule has 26 heavy (non-hydrogen) atoms. The van der Waals surface area contributed by atoms with Crippen LogP contribution in [0, 0.1) is 10.1 Å². The Morgan fingerprint density at radius 1 is 0.846 bits per heavy atom. The van der Waals surface area contributed by atoms with E-state index in [0.29, 0.717) is 16.7 Å². The van der Waals surface area contributed by atoms with Gasteiger partial charge in [0.05, 0.1) is 4.92 Å². The highest BCUT2D eigenvalue weighted by atomic mass is 16.6. The van der Waals surface area contributed by atoms with E-state index >= 15 is 0 Å². The van der Waals surface area contributed by atoms with Gasteiger partial charge in [0.25, 0.3) is 5.69 Å². The van der Waals surface area contributed by atoms with Crippen molar-refractivity contribution in [2.75, 3.05) is 0 Å². The van der Waals surface area contributed by atoms with Gasteiger partial charge in [0.2, 0.25) is 0 Å². The third kappa shape index (κ3) is 2.43. The van der Waals surface area contributed by atoms with Crippen LogP contribution in [0.1, 0.15) is 34.1 Å². The molecule has 130 valence electrons. The number of aromatic nitrogens is 1. The second kappa shape index (κ2) is 6.07. The molecule has 3 aromatic rings. The van der Waals surface area contributed by atoms with Gasteiger partial charge in [-0.25, -0.2) is 0 Å². The lowest BCUT2D eigenvalue weighted by Gasteiger charge is -2.24. The maximum atomic E-state index is 11.4. The number of nitrogens with one attached hydrogen (secondary N) is 1. The summed E-state index contributed by atoms with van der Waals surface area (Å²) < 4.78 is 0. The minimum Gasteiger partial charge on any atom is -0.494 e. The zero-order valence-electron chi connectivity index (χ0n) is 13.7. The number of nitro benzene ring substituents is 1. The maximum absolute atomic E-state index is 11.4. The normalized spacial score (nSPS) is 18.5. The molecule has 2 unspecified atom stereocenters. The van der Waals surface area contributed by atoms with Gasteiger partial charge >= 0.3 is 0 Å². The smallest absolute Gasteiger partial charge is 0.273 e. The Kier molecular flexibility index (Phi) is 3.73. The first kappa shape index (κ1) is 16.0. The molecule has 0 saturated carbocycles. The van der Waals surface area contributed by atoms with Gasteiger partial charge in [0.1, 0.15) is 0 Å². The van der Waals surface area contributed by atoms with E-state index < -0.39 is 10.8 Å². The lowest BCUT2D eigenvalue weighted by Crippen LogP contribution is -2.11. The molecule has 0 spiro atoms. The minimum absolute atomic E-state index is 0.0219. The molecule has 1 aromatic heterocycles. The van der Waals surface area contributed by atoms with E-state index in [0.717, 1.165) is 5.56 Å². The summed E-state index contributed by atoms with van der Waals surface area (Å²) >= 11 is 0. The average Bonchev–Trinajstić information content (AvgIpc) is 2.96. The van der Waals surface area contributed by atoms with Crippen LogP contribution in [-0.4, -0.2) is 20.1 Å². The number of hydrogen-bond donors (Lipinski definition) is 3. The molecule has 0 bridgehead atoms. The maximum Gasteiger partial charge on any atom is 0.273 e. The van der Waals surface area contributed by atoms with Crippen molar-refractivity contribution in [1.29, 1.82) is 0 Å². The summed E-state index contributed by atoms with van der Waals surface area (Å²) in [6.45, 7) is 0. The van der Waals surface area contributed by atoms with E-state index in [9.17, 15) is 20.3 Å². The molecule has 0 fully saturated rings. The number of nitro groups is 1. The number of para-hydroxylation sites is 1. The van der Waals surface area contributed by atoms with Crippen LogP contribution in [0.15, 0.2) is 66.7 Å². The number of aromatic amines is 1. The highest BCUT2D eigenvalue weighted by Crippen LogP contribution is 2.49. The number of benzene rings is 2. The molecule has 1 heterocycles. The first-order chi connectivity index (χ1) is 12.6. The van der Waals surface area contributed by atoms with E-state index in [2.05, 4.69) is 4.98 Å². The fourth-order valence-electron chi connectivity index (χ4n) is 3.66. The predicted molar refractivity (Wildman–Crippen MR) is 96.5 cm³/mol. The summed E-state index contributed by atoms with van der Waals surface area (Å²) in [5.41, 5.74) is 2.41. The van der Waals surface area contributed by atoms with E-state index in [1.54, 1.807) is 18.2 Å². The molecule has 2 atom stereocenters. The average molecular weight is 348 g/mol.